The standard InChI is InChI=1S/C12H17F3N2O/c1-17(8-12(13,14)15)7-10(16)9-5-3-4-6-11(9)18-2/h3-6,10H,7-8,16H2,1-2H3. The molecule has 0 radical (unpaired) electrons. The van der Waals surface area contributed by atoms with Crippen LogP contribution in [0.3, 0.4) is 0 Å². The topological polar surface area (TPSA) is 38.5 Å². The van der Waals surface area contributed by atoms with Crippen molar-refractivity contribution in [3.63, 3.8) is 0 Å². The Morgan fingerprint density at radius 2 is 1.94 bits per heavy atom. The predicted octanol–water partition coefficient (Wildman–Crippen LogP) is 2.19. The number of rotatable bonds is 5. The van der Waals surface area contributed by atoms with Crippen molar-refractivity contribution in [2.45, 2.75) is 12.2 Å². The molecule has 0 bridgehead atoms. The molecule has 0 aliphatic rings. The van der Waals surface area contributed by atoms with Crippen LogP contribution in [0.5, 0.6) is 5.75 Å². The summed E-state index contributed by atoms with van der Waals surface area (Å²) in [6.07, 6.45) is -4.21. The summed E-state index contributed by atoms with van der Waals surface area (Å²) in [7, 11) is 2.90. The van der Waals surface area contributed by atoms with E-state index < -0.39 is 18.8 Å². The number of nitrogens with two attached hydrogens (primary N) is 1. The van der Waals surface area contributed by atoms with E-state index in [1.807, 2.05) is 0 Å². The molecule has 1 atom stereocenters. The minimum absolute atomic E-state index is 0.111. The number of hydrogen-bond acceptors (Lipinski definition) is 3. The molecule has 1 aromatic carbocycles. The van der Waals surface area contributed by atoms with Gasteiger partial charge in [-0.3, -0.25) is 4.90 Å². The van der Waals surface area contributed by atoms with Gasteiger partial charge < -0.3 is 10.5 Å². The molecular formula is C12H17F3N2O. The molecule has 3 nitrogen and oxygen atoms in total. The number of benzene rings is 1. The summed E-state index contributed by atoms with van der Waals surface area (Å²) in [4.78, 5) is 1.15. The Hall–Kier alpha value is -1.27. The molecular weight excluding hydrogens is 245 g/mol. The van der Waals surface area contributed by atoms with Gasteiger partial charge in [0.1, 0.15) is 5.75 Å². The molecule has 0 aliphatic carbocycles. The smallest absolute Gasteiger partial charge is 0.401 e. The minimum atomic E-state index is -4.21. The largest absolute Gasteiger partial charge is 0.496 e. The third kappa shape index (κ3) is 4.54. The maximum Gasteiger partial charge on any atom is 0.401 e. The molecule has 18 heavy (non-hydrogen) atoms. The summed E-state index contributed by atoms with van der Waals surface area (Å²) < 4.78 is 41.7. The van der Waals surface area contributed by atoms with Crippen molar-refractivity contribution in [1.29, 1.82) is 0 Å². The van der Waals surface area contributed by atoms with Crippen molar-refractivity contribution in [1.82, 2.24) is 4.90 Å². The van der Waals surface area contributed by atoms with E-state index in [1.165, 1.54) is 14.2 Å². The zero-order valence-electron chi connectivity index (χ0n) is 10.4. The second-order valence-corrected chi connectivity index (χ2v) is 4.16. The Kier molecular flexibility index (Phi) is 4.98. The van der Waals surface area contributed by atoms with Crippen LogP contribution in [0.15, 0.2) is 24.3 Å². The van der Waals surface area contributed by atoms with Crippen molar-refractivity contribution >= 4 is 0 Å². The van der Waals surface area contributed by atoms with E-state index in [1.54, 1.807) is 24.3 Å². The van der Waals surface area contributed by atoms with Crippen LogP contribution < -0.4 is 10.5 Å². The van der Waals surface area contributed by atoms with Crippen molar-refractivity contribution in [3.8, 4) is 5.75 Å². The summed E-state index contributed by atoms with van der Waals surface area (Å²) in [5.74, 6) is 0.588. The first-order valence-corrected chi connectivity index (χ1v) is 5.47. The highest BCUT2D eigenvalue weighted by Gasteiger charge is 2.29. The van der Waals surface area contributed by atoms with E-state index in [9.17, 15) is 13.2 Å². The van der Waals surface area contributed by atoms with Gasteiger partial charge in [-0.05, 0) is 13.1 Å². The number of alkyl halides is 3. The molecule has 0 heterocycles. The van der Waals surface area contributed by atoms with E-state index >= 15 is 0 Å². The first-order valence-electron chi connectivity index (χ1n) is 5.47. The molecule has 0 spiro atoms. The number of ether oxygens (including phenoxy) is 1. The van der Waals surface area contributed by atoms with Crippen molar-refractivity contribution in [3.05, 3.63) is 29.8 Å². The average Bonchev–Trinajstić information content (AvgIpc) is 2.26. The summed E-state index contributed by atoms with van der Waals surface area (Å²) in [5.41, 5.74) is 6.60. The second-order valence-electron chi connectivity index (χ2n) is 4.16. The SMILES string of the molecule is COc1ccccc1C(N)CN(C)CC(F)(F)F. The first kappa shape index (κ1) is 14.8. The van der Waals surface area contributed by atoms with Crippen molar-refractivity contribution in [2.24, 2.45) is 5.73 Å². The van der Waals surface area contributed by atoms with Gasteiger partial charge in [0.2, 0.25) is 0 Å². The molecule has 102 valence electrons. The highest BCUT2D eigenvalue weighted by Crippen LogP contribution is 2.24. The molecule has 0 amide bonds. The van der Waals surface area contributed by atoms with Crippen LogP contribution in [0.4, 0.5) is 13.2 Å². The fourth-order valence-corrected chi connectivity index (χ4v) is 1.78. The highest BCUT2D eigenvalue weighted by atomic mass is 19.4. The quantitative estimate of drug-likeness (QED) is 0.884. The molecule has 6 heteroatoms. The first-order chi connectivity index (χ1) is 8.33. The van der Waals surface area contributed by atoms with Crippen LogP contribution in [0, 0.1) is 0 Å². The Morgan fingerprint density at radius 1 is 1.33 bits per heavy atom. The van der Waals surface area contributed by atoms with Gasteiger partial charge in [-0.1, -0.05) is 18.2 Å². The van der Waals surface area contributed by atoms with Crippen molar-refractivity contribution in [2.75, 3.05) is 27.2 Å². The summed E-state index contributed by atoms with van der Waals surface area (Å²) in [5, 5.41) is 0. The minimum Gasteiger partial charge on any atom is -0.496 e. The van der Waals surface area contributed by atoms with E-state index in [4.69, 9.17) is 10.5 Å². The van der Waals surface area contributed by atoms with E-state index in [0.717, 1.165) is 4.90 Å². The number of hydrogen-bond donors (Lipinski definition) is 1. The van der Waals surface area contributed by atoms with Gasteiger partial charge in [0, 0.05) is 18.2 Å². The second kappa shape index (κ2) is 6.06. The van der Waals surface area contributed by atoms with Crippen LogP contribution in [0.25, 0.3) is 0 Å². The lowest BCUT2D eigenvalue weighted by Crippen LogP contribution is -2.36. The predicted molar refractivity (Wildman–Crippen MR) is 63.5 cm³/mol. The maximum absolute atomic E-state index is 12.2. The van der Waals surface area contributed by atoms with Crippen LogP contribution in [0.2, 0.25) is 0 Å². The molecule has 1 aromatic rings. The van der Waals surface area contributed by atoms with Gasteiger partial charge in [0.05, 0.1) is 13.7 Å². The fraction of sp³-hybridized carbons (Fsp3) is 0.500. The summed E-state index contributed by atoms with van der Waals surface area (Å²) >= 11 is 0. The van der Waals surface area contributed by atoms with Crippen LogP contribution >= 0.6 is 0 Å². The Bertz CT molecular complexity index is 382. The number of para-hydroxylation sites is 1. The Morgan fingerprint density at radius 3 is 2.50 bits per heavy atom. The lowest BCUT2D eigenvalue weighted by molar-refractivity contribution is -0.143. The lowest BCUT2D eigenvalue weighted by Gasteiger charge is -2.23. The molecule has 1 rings (SSSR count). The lowest BCUT2D eigenvalue weighted by atomic mass is 10.1. The van der Waals surface area contributed by atoms with E-state index in [2.05, 4.69) is 0 Å². The molecule has 1 unspecified atom stereocenters. The molecule has 0 saturated heterocycles. The van der Waals surface area contributed by atoms with E-state index in [0.29, 0.717) is 11.3 Å². The normalized spacial score (nSPS) is 13.7. The third-order valence-electron chi connectivity index (χ3n) is 2.50. The summed E-state index contributed by atoms with van der Waals surface area (Å²) in [6, 6.07) is 6.54. The van der Waals surface area contributed by atoms with Gasteiger partial charge >= 0.3 is 6.18 Å². The van der Waals surface area contributed by atoms with Gasteiger partial charge in [-0.25, -0.2) is 0 Å². The molecule has 0 saturated carbocycles. The number of likely N-dealkylation sites (N-methyl/N-ethyl adjacent to an activating group) is 1. The molecule has 0 aromatic heterocycles. The molecule has 2 N–H and O–H groups in total. The number of halogens is 3. The van der Waals surface area contributed by atoms with Crippen LogP contribution in [-0.4, -0.2) is 38.3 Å². The summed E-state index contributed by atoms with van der Waals surface area (Å²) in [6.45, 7) is -0.865. The number of methoxy groups -OCH3 is 1. The highest BCUT2D eigenvalue weighted by molar-refractivity contribution is 5.35. The van der Waals surface area contributed by atoms with Crippen molar-refractivity contribution < 1.29 is 17.9 Å². The maximum atomic E-state index is 12.2. The Balaban J connectivity index is 2.67. The third-order valence-corrected chi connectivity index (χ3v) is 2.50. The van der Waals surface area contributed by atoms with Gasteiger partial charge in [-0.2, -0.15) is 13.2 Å². The molecule has 0 fully saturated rings. The fourth-order valence-electron chi connectivity index (χ4n) is 1.78. The average molecular weight is 262 g/mol. The van der Waals surface area contributed by atoms with E-state index in [-0.39, 0.29) is 6.54 Å². The van der Waals surface area contributed by atoms with Gasteiger partial charge in [-0.15, -0.1) is 0 Å². The number of nitrogens with zero attached hydrogens (tertiary/aromatic N) is 1. The van der Waals surface area contributed by atoms with Gasteiger partial charge in [0.25, 0.3) is 0 Å². The van der Waals surface area contributed by atoms with Gasteiger partial charge in [0.15, 0.2) is 0 Å². The molecule has 0 aliphatic heterocycles. The van der Waals surface area contributed by atoms with Crippen LogP contribution in [0.1, 0.15) is 11.6 Å². The monoisotopic (exact) mass is 262 g/mol. The van der Waals surface area contributed by atoms with Crippen LogP contribution in [-0.2, 0) is 0 Å². The zero-order valence-corrected chi connectivity index (χ0v) is 10.4. The zero-order chi connectivity index (χ0) is 13.8. The Labute approximate surface area is 104 Å².